The molecule has 1 aliphatic heterocycles. The summed E-state index contributed by atoms with van der Waals surface area (Å²) in [5.41, 5.74) is 3.19. The molecule has 146 valence electrons. The van der Waals surface area contributed by atoms with Crippen molar-refractivity contribution >= 4 is 29.7 Å². The lowest BCUT2D eigenvalue weighted by Gasteiger charge is -2.30. The van der Waals surface area contributed by atoms with Gasteiger partial charge in [0.15, 0.2) is 5.92 Å². The number of nitrogens with one attached hydrogen (secondary N) is 1. The van der Waals surface area contributed by atoms with Crippen molar-refractivity contribution in [3.63, 3.8) is 0 Å². The van der Waals surface area contributed by atoms with Crippen LogP contribution in [0, 0.1) is 26.7 Å². The van der Waals surface area contributed by atoms with Crippen LogP contribution in [0.2, 0.25) is 0 Å². The smallest absolute Gasteiger partial charge is 0.302 e. The van der Waals surface area contributed by atoms with Gasteiger partial charge in [-0.2, -0.15) is 0 Å². The molecule has 27 heavy (non-hydrogen) atoms. The fraction of sp³-hybridized carbons (Fsp3) is 0.500. The molecule has 1 aromatic rings. The van der Waals surface area contributed by atoms with E-state index in [-0.39, 0.29) is 0 Å². The molecule has 0 radical (unpaired) electrons. The molecule has 0 bridgehead atoms. The van der Waals surface area contributed by atoms with Crippen LogP contribution in [0.25, 0.3) is 0 Å². The molecular formula is C20H28N4O3. The molecule has 7 nitrogen and oxygen atoms in total. The Morgan fingerprint density at radius 1 is 1.11 bits per heavy atom. The van der Waals surface area contributed by atoms with E-state index in [1.807, 2.05) is 32.9 Å². The fourth-order valence-electron chi connectivity index (χ4n) is 3.38. The Bertz CT molecular complexity index is 745. The van der Waals surface area contributed by atoms with Gasteiger partial charge in [-0.3, -0.25) is 19.9 Å². The van der Waals surface area contributed by atoms with Crippen molar-refractivity contribution in [3.8, 4) is 0 Å². The number of carbonyl (C=O) groups excluding carboxylic acids is 3. The number of urea groups is 1. The SMILES string of the molecule is CCN(CC)CCN=CC1C(=O)NC(=O)N(c2c(C)cc(C)cc2C)C1=O. The van der Waals surface area contributed by atoms with Gasteiger partial charge in [-0.15, -0.1) is 0 Å². The second kappa shape index (κ2) is 8.90. The predicted octanol–water partition coefficient (Wildman–Crippen LogP) is 2.22. The number of amides is 4. The summed E-state index contributed by atoms with van der Waals surface area (Å²) in [7, 11) is 0. The Kier molecular flexibility index (Phi) is 6.85. The minimum atomic E-state index is -1.10. The number of hydrogen-bond acceptors (Lipinski definition) is 5. The molecule has 0 spiro atoms. The number of anilines is 1. The molecule has 4 amide bonds. The van der Waals surface area contributed by atoms with E-state index in [4.69, 9.17) is 0 Å². The molecule has 1 atom stereocenters. The van der Waals surface area contributed by atoms with Crippen LogP contribution in [-0.2, 0) is 9.59 Å². The highest BCUT2D eigenvalue weighted by atomic mass is 16.2. The number of nitrogens with zero attached hydrogens (tertiary/aromatic N) is 3. The van der Waals surface area contributed by atoms with Gasteiger partial charge in [0, 0.05) is 12.8 Å². The van der Waals surface area contributed by atoms with Crippen LogP contribution in [0.1, 0.15) is 30.5 Å². The normalized spacial score (nSPS) is 17.9. The topological polar surface area (TPSA) is 82.1 Å². The first-order chi connectivity index (χ1) is 12.8. The molecule has 1 aliphatic rings. The zero-order valence-electron chi connectivity index (χ0n) is 16.7. The summed E-state index contributed by atoms with van der Waals surface area (Å²) >= 11 is 0. The Morgan fingerprint density at radius 3 is 2.26 bits per heavy atom. The van der Waals surface area contributed by atoms with Crippen molar-refractivity contribution in [1.82, 2.24) is 10.2 Å². The number of aliphatic imine (C=N–C) groups is 1. The highest BCUT2D eigenvalue weighted by Crippen LogP contribution is 2.29. The molecule has 0 aromatic heterocycles. The third kappa shape index (κ3) is 4.60. The lowest BCUT2D eigenvalue weighted by Crippen LogP contribution is -2.59. The molecule has 7 heteroatoms. The fourth-order valence-corrected chi connectivity index (χ4v) is 3.38. The van der Waals surface area contributed by atoms with E-state index >= 15 is 0 Å². The number of benzene rings is 1. The van der Waals surface area contributed by atoms with Crippen molar-refractivity contribution in [2.75, 3.05) is 31.1 Å². The number of aryl methyl sites for hydroxylation is 3. The van der Waals surface area contributed by atoms with E-state index in [2.05, 4.69) is 29.1 Å². The van der Waals surface area contributed by atoms with Crippen LogP contribution < -0.4 is 10.2 Å². The second-order valence-corrected chi connectivity index (χ2v) is 6.78. The molecule has 1 heterocycles. The van der Waals surface area contributed by atoms with Gasteiger partial charge in [-0.25, -0.2) is 9.69 Å². The summed E-state index contributed by atoms with van der Waals surface area (Å²) in [5.74, 6) is -2.29. The molecular weight excluding hydrogens is 344 g/mol. The van der Waals surface area contributed by atoms with E-state index in [9.17, 15) is 14.4 Å². The molecule has 1 N–H and O–H groups in total. The lowest BCUT2D eigenvalue weighted by molar-refractivity contribution is -0.131. The molecule has 1 aromatic carbocycles. The van der Waals surface area contributed by atoms with Crippen LogP contribution in [0.4, 0.5) is 10.5 Å². The quantitative estimate of drug-likeness (QED) is 0.588. The molecule has 0 saturated carbocycles. The zero-order chi connectivity index (χ0) is 20.1. The van der Waals surface area contributed by atoms with E-state index in [1.165, 1.54) is 6.21 Å². The van der Waals surface area contributed by atoms with E-state index in [0.717, 1.165) is 41.2 Å². The van der Waals surface area contributed by atoms with Crippen LogP contribution in [0.5, 0.6) is 0 Å². The molecule has 1 fully saturated rings. The predicted molar refractivity (Wildman–Crippen MR) is 106 cm³/mol. The number of rotatable bonds is 7. The first-order valence-corrected chi connectivity index (χ1v) is 9.29. The highest BCUT2D eigenvalue weighted by molar-refractivity contribution is 6.32. The van der Waals surface area contributed by atoms with Gasteiger partial charge in [0.25, 0.3) is 5.91 Å². The van der Waals surface area contributed by atoms with Gasteiger partial charge in [-0.1, -0.05) is 31.5 Å². The van der Waals surface area contributed by atoms with E-state index < -0.39 is 23.8 Å². The number of hydrogen-bond donors (Lipinski definition) is 1. The summed E-state index contributed by atoms with van der Waals surface area (Å²) in [5, 5.41) is 2.27. The first kappa shape index (κ1) is 20.8. The van der Waals surface area contributed by atoms with Crippen molar-refractivity contribution in [1.29, 1.82) is 0 Å². The van der Waals surface area contributed by atoms with Crippen molar-refractivity contribution in [2.45, 2.75) is 34.6 Å². The van der Waals surface area contributed by atoms with Gasteiger partial charge >= 0.3 is 6.03 Å². The summed E-state index contributed by atoms with van der Waals surface area (Å²) < 4.78 is 0. The number of barbiturate groups is 1. The third-order valence-corrected chi connectivity index (χ3v) is 4.76. The number of carbonyl (C=O) groups is 3. The average Bonchev–Trinajstić information content (AvgIpc) is 2.59. The zero-order valence-corrected chi connectivity index (χ0v) is 16.7. The van der Waals surface area contributed by atoms with Crippen LogP contribution in [-0.4, -0.2) is 55.1 Å². The summed E-state index contributed by atoms with van der Waals surface area (Å²) in [6, 6.07) is 3.10. The van der Waals surface area contributed by atoms with E-state index in [0.29, 0.717) is 12.2 Å². The van der Waals surface area contributed by atoms with Crippen molar-refractivity contribution in [3.05, 3.63) is 28.8 Å². The molecule has 1 unspecified atom stereocenters. The monoisotopic (exact) mass is 372 g/mol. The maximum absolute atomic E-state index is 12.9. The van der Waals surface area contributed by atoms with E-state index in [1.54, 1.807) is 0 Å². The highest BCUT2D eigenvalue weighted by Gasteiger charge is 2.41. The largest absolute Gasteiger partial charge is 0.335 e. The third-order valence-electron chi connectivity index (χ3n) is 4.76. The number of likely N-dealkylation sites (N-methyl/N-ethyl adjacent to an activating group) is 1. The Balaban J connectivity index is 2.23. The summed E-state index contributed by atoms with van der Waals surface area (Å²) in [6.45, 7) is 12.9. The standard InChI is InChI=1S/C20H28N4O3/c1-6-23(7-2)9-8-21-12-16-18(25)22-20(27)24(19(16)26)17-14(4)10-13(3)11-15(17)5/h10-12,16H,6-9H2,1-5H3,(H,22,25,27). The number of imide groups is 2. The molecule has 1 saturated heterocycles. The van der Waals surface area contributed by atoms with Gasteiger partial charge in [-0.05, 0) is 45.0 Å². The maximum atomic E-state index is 12.9. The molecule has 0 aliphatic carbocycles. The van der Waals surface area contributed by atoms with Gasteiger partial charge in [0.05, 0.1) is 12.2 Å². The van der Waals surface area contributed by atoms with Crippen LogP contribution in [0.3, 0.4) is 0 Å². The second-order valence-electron chi connectivity index (χ2n) is 6.78. The average molecular weight is 372 g/mol. The molecule has 2 rings (SSSR count). The van der Waals surface area contributed by atoms with Crippen molar-refractivity contribution in [2.24, 2.45) is 10.9 Å². The van der Waals surface area contributed by atoms with Crippen molar-refractivity contribution < 1.29 is 14.4 Å². The minimum Gasteiger partial charge on any atom is -0.302 e. The Labute approximate surface area is 160 Å². The lowest BCUT2D eigenvalue weighted by atomic mass is 10.0. The van der Waals surface area contributed by atoms with Gasteiger partial charge < -0.3 is 4.90 Å². The van der Waals surface area contributed by atoms with Gasteiger partial charge in [0.1, 0.15) is 0 Å². The van der Waals surface area contributed by atoms with Crippen LogP contribution in [0.15, 0.2) is 17.1 Å². The Hall–Kier alpha value is -2.54. The van der Waals surface area contributed by atoms with Crippen LogP contribution >= 0.6 is 0 Å². The first-order valence-electron chi connectivity index (χ1n) is 9.29. The maximum Gasteiger partial charge on any atom is 0.335 e. The summed E-state index contributed by atoms with van der Waals surface area (Å²) in [4.78, 5) is 45.0. The Morgan fingerprint density at radius 2 is 1.70 bits per heavy atom. The minimum absolute atomic E-state index is 0.495. The summed E-state index contributed by atoms with van der Waals surface area (Å²) in [6.07, 6.45) is 1.36. The van der Waals surface area contributed by atoms with Gasteiger partial charge in [0.2, 0.25) is 5.91 Å².